The van der Waals surface area contributed by atoms with E-state index in [2.05, 4.69) is 4.98 Å². The zero-order chi connectivity index (χ0) is 26.2. The van der Waals surface area contributed by atoms with E-state index >= 15 is 0 Å². The summed E-state index contributed by atoms with van der Waals surface area (Å²) in [7, 11) is 0. The van der Waals surface area contributed by atoms with E-state index in [0.717, 1.165) is 41.2 Å². The average Bonchev–Trinajstić information content (AvgIpc) is 3.48. The van der Waals surface area contributed by atoms with Crippen LogP contribution in [0.3, 0.4) is 0 Å². The number of ether oxygens (including phenoxy) is 2. The number of rotatable bonds is 11. The number of aromatic nitrogens is 1. The molecule has 196 valence electrons. The highest BCUT2D eigenvalue weighted by Gasteiger charge is 2.38. The molecule has 1 aromatic heterocycles. The van der Waals surface area contributed by atoms with Crippen molar-refractivity contribution in [2.45, 2.75) is 45.4 Å². The van der Waals surface area contributed by atoms with Gasteiger partial charge < -0.3 is 23.9 Å². The van der Waals surface area contributed by atoms with Crippen molar-refractivity contribution in [1.82, 2.24) is 9.88 Å². The van der Waals surface area contributed by atoms with Gasteiger partial charge in [-0.3, -0.25) is 4.79 Å². The number of oxazole rings is 1. The number of carbonyl (C=O) groups excluding carboxylic acids is 1. The smallest absolute Gasteiger partial charge is 0.409 e. The fourth-order valence-corrected chi connectivity index (χ4v) is 4.67. The Morgan fingerprint density at radius 2 is 1.84 bits per heavy atom. The van der Waals surface area contributed by atoms with Crippen molar-refractivity contribution in [2.24, 2.45) is 5.92 Å². The van der Waals surface area contributed by atoms with Crippen LogP contribution in [0.4, 0.5) is 4.79 Å². The Balaban J connectivity index is 1.34. The first-order valence-corrected chi connectivity index (χ1v) is 12.8. The van der Waals surface area contributed by atoms with E-state index in [1.165, 1.54) is 0 Å². The number of carbonyl (C=O) groups is 2. The fourth-order valence-electron chi connectivity index (χ4n) is 4.67. The number of amides is 1. The van der Waals surface area contributed by atoms with Gasteiger partial charge in [-0.1, -0.05) is 43.7 Å². The third kappa shape index (κ3) is 6.90. The summed E-state index contributed by atoms with van der Waals surface area (Å²) < 4.78 is 17.1. The number of carboxylic acid groups (broad SMARTS) is 1. The quantitative estimate of drug-likeness (QED) is 0.333. The topological polar surface area (TPSA) is 102 Å². The lowest BCUT2D eigenvalue weighted by Crippen LogP contribution is -2.30. The van der Waals surface area contributed by atoms with Gasteiger partial charge in [0.2, 0.25) is 5.89 Å². The molecule has 4 rings (SSSR count). The van der Waals surface area contributed by atoms with Gasteiger partial charge in [0.05, 0.1) is 25.3 Å². The number of aliphatic carboxylic acids is 1. The summed E-state index contributed by atoms with van der Waals surface area (Å²) in [6.07, 6.45) is 2.00. The Bertz CT molecular complexity index is 1170. The van der Waals surface area contributed by atoms with E-state index in [9.17, 15) is 14.7 Å². The van der Waals surface area contributed by atoms with Gasteiger partial charge in [0.1, 0.15) is 11.5 Å². The van der Waals surface area contributed by atoms with Crippen LogP contribution >= 0.6 is 0 Å². The molecule has 8 nitrogen and oxygen atoms in total. The Labute approximate surface area is 217 Å². The van der Waals surface area contributed by atoms with Gasteiger partial charge in [0.25, 0.3) is 0 Å². The molecular weight excluding hydrogens is 472 g/mol. The molecule has 2 aromatic carbocycles. The predicted octanol–water partition coefficient (Wildman–Crippen LogP) is 5.70. The molecule has 2 unspecified atom stereocenters. The molecule has 1 amide bonds. The van der Waals surface area contributed by atoms with Gasteiger partial charge in [-0.05, 0) is 49.1 Å². The van der Waals surface area contributed by atoms with Crippen molar-refractivity contribution in [2.75, 3.05) is 26.3 Å². The van der Waals surface area contributed by atoms with Crippen LogP contribution in [0.5, 0.6) is 5.75 Å². The number of hydrogen-bond acceptors (Lipinski definition) is 6. The van der Waals surface area contributed by atoms with Crippen LogP contribution in [0.2, 0.25) is 0 Å². The lowest BCUT2D eigenvalue weighted by molar-refractivity contribution is -0.138. The second kappa shape index (κ2) is 12.4. The maximum absolute atomic E-state index is 12.4. The normalized spacial score (nSPS) is 17.1. The number of nitrogens with zero attached hydrogens (tertiary/aromatic N) is 2. The molecule has 0 aliphatic carbocycles. The standard InChI is InChI=1S/C29H34N2O6/c1-3-4-15-36-29(34)31-18-23(17-27(32)33)25(19-31)21-10-12-24(13-11-21)35-16-14-26-20(2)37-28(30-26)22-8-6-5-7-9-22/h5-13,23,25H,3-4,14-19H2,1-2H3,(H,32,33). The van der Waals surface area contributed by atoms with E-state index in [-0.39, 0.29) is 24.3 Å². The van der Waals surface area contributed by atoms with Gasteiger partial charge >= 0.3 is 12.1 Å². The van der Waals surface area contributed by atoms with E-state index in [0.29, 0.717) is 38.6 Å². The predicted molar refractivity (Wildman–Crippen MR) is 139 cm³/mol. The third-order valence-electron chi connectivity index (χ3n) is 6.69. The first-order valence-electron chi connectivity index (χ1n) is 12.8. The molecule has 0 bridgehead atoms. The van der Waals surface area contributed by atoms with Gasteiger partial charge in [0, 0.05) is 31.0 Å². The highest BCUT2D eigenvalue weighted by molar-refractivity contribution is 5.70. The molecular formula is C29H34N2O6. The van der Waals surface area contributed by atoms with Gasteiger partial charge in [-0.25, -0.2) is 9.78 Å². The molecule has 1 aliphatic heterocycles. The number of aryl methyl sites for hydroxylation is 1. The van der Waals surface area contributed by atoms with Crippen LogP contribution in [0, 0.1) is 12.8 Å². The fraction of sp³-hybridized carbons (Fsp3) is 0.414. The minimum atomic E-state index is -0.866. The highest BCUT2D eigenvalue weighted by atomic mass is 16.6. The molecule has 1 fully saturated rings. The van der Waals surface area contributed by atoms with Crippen LogP contribution in [0.1, 0.15) is 49.1 Å². The molecule has 0 spiro atoms. The molecule has 8 heteroatoms. The summed E-state index contributed by atoms with van der Waals surface area (Å²) in [6, 6.07) is 17.5. The monoisotopic (exact) mass is 506 g/mol. The third-order valence-corrected chi connectivity index (χ3v) is 6.69. The van der Waals surface area contributed by atoms with Gasteiger partial charge in [0.15, 0.2) is 0 Å². The maximum Gasteiger partial charge on any atom is 0.409 e. The van der Waals surface area contributed by atoms with E-state index in [4.69, 9.17) is 13.9 Å². The summed E-state index contributed by atoms with van der Waals surface area (Å²) in [5.74, 6) is 0.996. The largest absolute Gasteiger partial charge is 0.493 e. The number of unbranched alkanes of at least 4 members (excludes halogenated alkanes) is 1. The van der Waals surface area contributed by atoms with Crippen LogP contribution in [-0.2, 0) is 16.0 Å². The summed E-state index contributed by atoms with van der Waals surface area (Å²) >= 11 is 0. The molecule has 2 atom stereocenters. The Hall–Kier alpha value is -3.81. The van der Waals surface area contributed by atoms with E-state index in [1.54, 1.807) is 4.90 Å². The Morgan fingerprint density at radius 1 is 1.08 bits per heavy atom. The molecule has 1 saturated heterocycles. The lowest BCUT2D eigenvalue weighted by Gasteiger charge is -2.17. The number of hydrogen-bond donors (Lipinski definition) is 1. The summed E-state index contributed by atoms with van der Waals surface area (Å²) in [6.45, 7) is 5.59. The molecule has 1 aliphatic rings. The molecule has 2 heterocycles. The van der Waals surface area contributed by atoms with Crippen molar-refractivity contribution in [3.63, 3.8) is 0 Å². The van der Waals surface area contributed by atoms with Crippen molar-refractivity contribution in [3.8, 4) is 17.2 Å². The molecule has 0 radical (unpaired) electrons. The van der Waals surface area contributed by atoms with Crippen LogP contribution < -0.4 is 4.74 Å². The lowest BCUT2D eigenvalue weighted by atomic mass is 9.87. The Kier molecular flexibility index (Phi) is 8.82. The number of carboxylic acids is 1. The van der Waals surface area contributed by atoms with Crippen LogP contribution in [0.25, 0.3) is 11.5 Å². The molecule has 3 aromatic rings. The second-order valence-corrected chi connectivity index (χ2v) is 9.39. The van der Waals surface area contributed by atoms with E-state index < -0.39 is 5.97 Å². The molecule has 37 heavy (non-hydrogen) atoms. The molecule has 0 saturated carbocycles. The van der Waals surface area contributed by atoms with Gasteiger partial charge in [-0.2, -0.15) is 0 Å². The number of likely N-dealkylation sites (tertiary alicyclic amines) is 1. The SMILES string of the molecule is CCCCOC(=O)N1CC(CC(=O)O)C(c2ccc(OCCc3nc(-c4ccccc4)oc3C)cc2)C1. The van der Waals surface area contributed by atoms with Crippen molar-refractivity contribution >= 4 is 12.1 Å². The first kappa shape index (κ1) is 26.3. The zero-order valence-corrected chi connectivity index (χ0v) is 21.4. The maximum atomic E-state index is 12.4. The highest BCUT2D eigenvalue weighted by Crippen LogP contribution is 2.36. The van der Waals surface area contributed by atoms with E-state index in [1.807, 2.05) is 68.4 Å². The van der Waals surface area contributed by atoms with Crippen LogP contribution in [0.15, 0.2) is 59.0 Å². The molecule has 1 N–H and O–H groups in total. The van der Waals surface area contributed by atoms with Crippen molar-refractivity contribution in [1.29, 1.82) is 0 Å². The second-order valence-electron chi connectivity index (χ2n) is 9.39. The minimum Gasteiger partial charge on any atom is -0.493 e. The van der Waals surface area contributed by atoms with Crippen LogP contribution in [-0.4, -0.2) is 53.4 Å². The minimum absolute atomic E-state index is 0.00365. The zero-order valence-electron chi connectivity index (χ0n) is 21.4. The first-order chi connectivity index (χ1) is 17.9. The van der Waals surface area contributed by atoms with Crippen molar-refractivity contribution in [3.05, 3.63) is 71.6 Å². The summed E-state index contributed by atoms with van der Waals surface area (Å²) in [4.78, 5) is 30.1. The summed E-state index contributed by atoms with van der Waals surface area (Å²) in [5.41, 5.74) is 2.79. The van der Waals surface area contributed by atoms with Gasteiger partial charge in [-0.15, -0.1) is 0 Å². The Morgan fingerprint density at radius 3 is 2.54 bits per heavy atom. The van der Waals surface area contributed by atoms with Crippen molar-refractivity contribution < 1.29 is 28.6 Å². The number of benzene rings is 2. The average molecular weight is 507 g/mol. The summed E-state index contributed by atoms with van der Waals surface area (Å²) in [5, 5.41) is 9.39.